The van der Waals surface area contributed by atoms with Crippen LogP contribution in [0.4, 0.5) is 18.9 Å². The van der Waals surface area contributed by atoms with E-state index in [1.807, 2.05) is 13.0 Å². The molecule has 10 heteroatoms. The molecule has 0 N–H and O–H groups in total. The van der Waals surface area contributed by atoms with E-state index in [-0.39, 0.29) is 12.5 Å². The molecule has 0 saturated carbocycles. The van der Waals surface area contributed by atoms with E-state index in [9.17, 15) is 18.0 Å². The highest BCUT2D eigenvalue weighted by atomic mass is 19.4. The molecule has 1 aliphatic heterocycles. The second-order valence-corrected chi connectivity index (χ2v) is 6.89. The number of carbonyl (C=O) groups excluding carboxylic acids is 1. The Morgan fingerprint density at radius 1 is 1.20 bits per heavy atom. The van der Waals surface area contributed by atoms with Crippen LogP contribution in [0.1, 0.15) is 28.5 Å². The number of fused-ring (bicyclic) bond motifs is 1. The minimum atomic E-state index is -4.39. The van der Waals surface area contributed by atoms with Gasteiger partial charge in [-0.25, -0.2) is 0 Å². The molecule has 30 heavy (non-hydrogen) atoms. The van der Waals surface area contributed by atoms with Crippen LogP contribution in [0.2, 0.25) is 0 Å². The van der Waals surface area contributed by atoms with Crippen molar-refractivity contribution in [1.29, 1.82) is 0 Å². The summed E-state index contributed by atoms with van der Waals surface area (Å²) in [6, 6.07) is 3.61. The van der Waals surface area contributed by atoms with Gasteiger partial charge in [0.05, 0.1) is 48.2 Å². The molecule has 0 fully saturated rings. The molecule has 0 saturated heterocycles. The van der Waals surface area contributed by atoms with Crippen molar-refractivity contribution in [2.45, 2.75) is 33.1 Å². The molecule has 0 spiro atoms. The molecule has 0 aliphatic carbocycles. The zero-order valence-corrected chi connectivity index (χ0v) is 16.3. The number of alkyl halides is 3. The van der Waals surface area contributed by atoms with Crippen LogP contribution in [0, 0.1) is 6.92 Å². The number of amides is 1. The Balaban J connectivity index is 1.64. The van der Waals surface area contributed by atoms with Gasteiger partial charge in [-0.05, 0) is 31.5 Å². The summed E-state index contributed by atoms with van der Waals surface area (Å²) in [5.41, 5.74) is 3.42. The standard InChI is InChI=1S/C20H18F3N5O2/c1-3-30-15-5-13(6-24-8-15)16-4-12(2)18-17(26-16)10-28(19(18)29)14-7-25-27(9-14)11-20(21,22)23/h4-9H,3,10-11H2,1-2H3. The fourth-order valence-electron chi connectivity index (χ4n) is 3.42. The Morgan fingerprint density at radius 2 is 2.00 bits per heavy atom. The number of ether oxygens (including phenoxy) is 1. The molecule has 1 amide bonds. The molecule has 3 aromatic rings. The quantitative estimate of drug-likeness (QED) is 0.632. The molecule has 3 aromatic heterocycles. The summed E-state index contributed by atoms with van der Waals surface area (Å²) in [7, 11) is 0. The molecule has 0 bridgehead atoms. The Kier molecular flexibility index (Phi) is 4.92. The third-order valence-corrected chi connectivity index (χ3v) is 4.65. The maximum Gasteiger partial charge on any atom is 0.408 e. The van der Waals surface area contributed by atoms with Crippen LogP contribution in [0.25, 0.3) is 11.3 Å². The second kappa shape index (κ2) is 7.43. The summed E-state index contributed by atoms with van der Waals surface area (Å²) < 4.78 is 44.0. The maximum absolute atomic E-state index is 12.9. The van der Waals surface area contributed by atoms with E-state index < -0.39 is 12.7 Å². The zero-order valence-electron chi connectivity index (χ0n) is 16.3. The molecule has 0 aromatic carbocycles. The van der Waals surface area contributed by atoms with E-state index in [0.29, 0.717) is 35.0 Å². The Bertz CT molecular complexity index is 1110. The lowest BCUT2D eigenvalue weighted by atomic mass is 10.1. The number of anilines is 1. The van der Waals surface area contributed by atoms with Gasteiger partial charge in [0.2, 0.25) is 0 Å². The van der Waals surface area contributed by atoms with Gasteiger partial charge in [-0.2, -0.15) is 18.3 Å². The summed E-state index contributed by atoms with van der Waals surface area (Å²) in [6.45, 7) is 3.12. The van der Waals surface area contributed by atoms with Gasteiger partial charge in [0.15, 0.2) is 0 Å². The number of carbonyl (C=O) groups is 1. The minimum Gasteiger partial charge on any atom is -0.492 e. The van der Waals surface area contributed by atoms with Gasteiger partial charge in [0.25, 0.3) is 5.91 Å². The summed E-state index contributed by atoms with van der Waals surface area (Å²) in [5, 5.41) is 3.72. The van der Waals surface area contributed by atoms with Gasteiger partial charge < -0.3 is 4.74 Å². The molecular formula is C20H18F3N5O2. The van der Waals surface area contributed by atoms with Gasteiger partial charge in [0, 0.05) is 18.0 Å². The van der Waals surface area contributed by atoms with Crippen LogP contribution in [0.3, 0.4) is 0 Å². The van der Waals surface area contributed by atoms with E-state index in [4.69, 9.17) is 4.74 Å². The Labute approximate surface area is 170 Å². The van der Waals surface area contributed by atoms with Crippen LogP contribution in [-0.4, -0.2) is 38.4 Å². The molecular weight excluding hydrogens is 399 g/mol. The predicted molar refractivity (Wildman–Crippen MR) is 102 cm³/mol. The topological polar surface area (TPSA) is 73.1 Å². The SMILES string of the molecule is CCOc1cncc(-c2cc(C)c3c(n2)CN(c2cnn(CC(F)(F)F)c2)C3=O)c1. The lowest BCUT2D eigenvalue weighted by Crippen LogP contribution is -2.23. The molecule has 7 nitrogen and oxygen atoms in total. The van der Waals surface area contributed by atoms with E-state index >= 15 is 0 Å². The fourth-order valence-corrected chi connectivity index (χ4v) is 3.42. The number of aryl methyl sites for hydroxylation is 1. The van der Waals surface area contributed by atoms with Crippen molar-refractivity contribution < 1.29 is 22.7 Å². The van der Waals surface area contributed by atoms with Crippen LogP contribution in [0.15, 0.2) is 36.9 Å². The number of nitrogens with zero attached hydrogens (tertiary/aromatic N) is 5. The second-order valence-electron chi connectivity index (χ2n) is 6.89. The zero-order chi connectivity index (χ0) is 21.5. The van der Waals surface area contributed by atoms with E-state index in [0.717, 1.165) is 15.8 Å². The van der Waals surface area contributed by atoms with E-state index in [1.54, 1.807) is 25.4 Å². The van der Waals surface area contributed by atoms with Gasteiger partial charge >= 0.3 is 6.18 Å². The predicted octanol–water partition coefficient (Wildman–Crippen LogP) is 3.77. The first-order valence-corrected chi connectivity index (χ1v) is 9.25. The summed E-state index contributed by atoms with van der Waals surface area (Å²) in [6.07, 6.45) is 1.34. The first-order chi connectivity index (χ1) is 14.2. The summed E-state index contributed by atoms with van der Waals surface area (Å²) in [5.74, 6) is 0.305. The lowest BCUT2D eigenvalue weighted by molar-refractivity contribution is -0.142. The number of rotatable bonds is 5. The largest absolute Gasteiger partial charge is 0.492 e. The van der Waals surface area contributed by atoms with Gasteiger partial charge in [-0.1, -0.05) is 0 Å². The lowest BCUT2D eigenvalue weighted by Gasteiger charge is -2.12. The highest BCUT2D eigenvalue weighted by Gasteiger charge is 2.34. The normalized spacial score (nSPS) is 13.6. The number of aromatic nitrogens is 4. The van der Waals surface area contributed by atoms with Crippen molar-refractivity contribution in [3.63, 3.8) is 0 Å². The number of halogens is 3. The Hall–Kier alpha value is -3.43. The highest BCUT2D eigenvalue weighted by molar-refractivity contribution is 6.10. The van der Waals surface area contributed by atoms with Crippen molar-refractivity contribution in [2.75, 3.05) is 11.5 Å². The van der Waals surface area contributed by atoms with Crippen molar-refractivity contribution in [2.24, 2.45) is 0 Å². The highest BCUT2D eigenvalue weighted by Crippen LogP contribution is 2.32. The first kappa shape index (κ1) is 19.9. The maximum atomic E-state index is 12.9. The van der Waals surface area contributed by atoms with Crippen LogP contribution in [-0.2, 0) is 13.1 Å². The molecule has 156 valence electrons. The van der Waals surface area contributed by atoms with Crippen LogP contribution < -0.4 is 9.64 Å². The molecule has 0 radical (unpaired) electrons. The van der Waals surface area contributed by atoms with E-state index in [1.165, 1.54) is 17.3 Å². The number of hydrogen-bond donors (Lipinski definition) is 0. The van der Waals surface area contributed by atoms with Crippen molar-refractivity contribution in [1.82, 2.24) is 19.7 Å². The average Bonchev–Trinajstić information content (AvgIpc) is 3.25. The monoisotopic (exact) mass is 417 g/mol. The number of hydrogen-bond acceptors (Lipinski definition) is 5. The van der Waals surface area contributed by atoms with E-state index in [2.05, 4.69) is 15.1 Å². The molecule has 0 atom stereocenters. The van der Waals surface area contributed by atoms with Crippen molar-refractivity contribution >= 4 is 11.6 Å². The first-order valence-electron chi connectivity index (χ1n) is 9.25. The number of pyridine rings is 2. The minimum absolute atomic E-state index is 0.152. The third kappa shape index (κ3) is 3.85. The van der Waals surface area contributed by atoms with Crippen LogP contribution >= 0.6 is 0 Å². The third-order valence-electron chi connectivity index (χ3n) is 4.65. The van der Waals surface area contributed by atoms with Crippen LogP contribution in [0.5, 0.6) is 5.75 Å². The summed E-state index contributed by atoms with van der Waals surface area (Å²) in [4.78, 5) is 23.1. The fraction of sp³-hybridized carbons (Fsp3) is 0.300. The van der Waals surface area contributed by atoms with Gasteiger partial charge in [-0.3, -0.25) is 24.3 Å². The van der Waals surface area contributed by atoms with Gasteiger partial charge in [-0.15, -0.1) is 0 Å². The summed E-state index contributed by atoms with van der Waals surface area (Å²) >= 11 is 0. The molecule has 0 unspecified atom stereocenters. The molecule has 4 rings (SSSR count). The molecule has 1 aliphatic rings. The van der Waals surface area contributed by atoms with Crippen molar-refractivity contribution in [3.8, 4) is 17.0 Å². The van der Waals surface area contributed by atoms with Crippen molar-refractivity contribution in [3.05, 3.63) is 53.7 Å². The molecule has 4 heterocycles. The van der Waals surface area contributed by atoms with Gasteiger partial charge in [0.1, 0.15) is 12.3 Å². The average molecular weight is 417 g/mol. The Morgan fingerprint density at radius 3 is 2.73 bits per heavy atom. The smallest absolute Gasteiger partial charge is 0.408 e.